The Labute approximate surface area is 256 Å². The Hall–Kier alpha value is -3.83. The van der Waals surface area contributed by atoms with Gasteiger partial charge in [0.05, 0.1) is 36.7 Å². The van der Waals surface area contributed by atoms with E-state index < -0.39 is 29.6 Å². The molecule has 1 heterocycles. The number of thioether (sulfide) groups is 1. The predicted molar refractivity (Wildman–Crippen MR) is 164 cm³/mol. The van der Waals surface area contributed by atoms with Gasteiger partial charge in [-0.1, -0.05) is 44.2 Å². The van der Waals surface area contributed by atoms with E-state index in [0.29, 0.717) is 42.1 Å². The number of carboxylic acids is 1. The molecule has 10 nitrogen and oxygen atoms in total. The number of carbonyl (C=O) groups excluding carboxylic acids is 3. The molecule has 0 aliphatic carbocycles. The van der Waals surface area contributed by atoms with Crippen molar-refractivity contribution in [3.05, 3.63) is 71.4 Å². The van der Waals surface area contributed by atoms with Crippen LogP contribution in [0.15, 0.2) is 60.3 Å². The van der Waals surface area contributed by atoms with Crippen LogP contribution >= 0.6 is 11.8 Å². The molecule has 0 radical (unpaired) electrons. The quantitative estimate of drug-likeness (QED) is 0.227. The van der Waals surface area contributed by atoms with Crippen molar-refractivity contribution in [2.75, 3.05) is 25.6 Å². The number of carboxylic acid groups (broad SMARTS) is 1. The van der Waals surface area contributed by atoms with Gasteiger partial charge in [-0.15, -0.1) is 11.8 Å². The number of hydrogen-bond donors (Lipinski definition) is 3. The lowest BCUT2D eigenvalue weighted by molar-refractivity contribution is -0.132. The molecule has 3 rings (SSSR count). The Kier molecular flexibility index (Phi) is 13.6. The summed E-state index contributed by atoms with van der Waals surface area (Å²) in [5, 5.41) is 14.5. The van der Waals surface area contributed by atoms with E-state index in [1.807, 2.05) is 37.3 Å². The summed E-state index contributed by atoms with van der Waals surface area (Å²) in [7, 11) is 0. The van der Waals surface area contributed by atoms with E-state index in [-0.39, 0.29) is 29.9 Å². The molecule has 1 unspecified atom stereocenters. The van der Waals surface area contributed by atoms with Gasteiger partial charge in [-0.3, -0.25) is 14.4 Å². The van der Waals surface area contributed by atoms with Gasteiger partial charge in [0.25, 0.3) is 0 Å². The number of rotatable bonds is 17. The third-order valence-electron chi connectivity index (χ3n) is 6.58. The van der Waals surface area contributed by atoms with E-state index in [0.717, 1.165) is 25.0 Å². The van der Waals surface area contributed by atoms with E-state index in [9.17, 15) is 24.3 Å². The maximum Gasteiger partial charge on any atom is 0.330 e. The van der Waals surface area contributed by atoms with E-state index >= 15 is 0 Å². The normalized spacial score (nSPS) is 15.5. The van der Waals surface area contributed by atoms with Crippen molar-refractivity contribution in [1.82, 2.24) is 10.6 Å². The van der Waals surface area contributed by atoms with Crippen LogP contribution in [0.3, 0.4) is 0 Å². The van der Waals surface area contributed by atoms with Gasteiger partial charge < -0.3 is 30.0 Å². The zero-order valence-corrected chi connectivity index (χ0v) is 25.6. The molecule has 1 saturated heterocycles. The van der Waals surface area contributed by atoms with Crippen LogP contribution in [-0.2, 0) is 36.1 Å². The number of amides is 2. The monoisotopic (exact) mass is 612 g/mol. The molecular weight excluding hydrogens is 572 g/mol. The number of Topliss-reactive ketones (excluding diaryl/α,β-unsaturated/α-hetero) is 1. The maximum absolute atomic E-state index is 13.2. The molecule has 1 aliphatic heterocycles. The Balaban J connectivity index is 1.64. The third kappa shape index (κ3) is 11.4. The average molecular weight is 613 g/mol. The minimum Gasteiger partial charge on any atom is -0.494 e. The molecule has 2 atom stereocenters. The molecule has 0 saturated carbocycles. The smallest absolute Gasteiger partial charge is 0.330 e. The van der Waals surface area contributed by atoms with Crippen molar-refractivity contribution in [3.63, 3.8) is 0 Å². The van der Waals surface area contributed by atoms with Crippen LogP contribution in [0.5, 0.6) is 11.5 Å². The lowest BCUT2D eigenvalue weighted by atomic mass is 10.0. The first-order valence-corrected chi connectivity index (χ1v) is 15.5. The Morgan fingerprint density at radius 3 is 2.53 bits per heavy atom. The van der Waals surface area contributed by atoms with Crippen LogP contribution in [0, 0.1) is 5.92 Å². The van der Waals surface area contributed by atoms with Crippen LogP contribution in [0.4, 0.5) is 0 Å². The second-order valence-electron chi connectivity index (χ2n) is 10.4. The highest BCUT2D eigenvalue weighted by atomic mass is 32.2. The summed E-state index contributed by atoms with van der Waals surface area (Å²) in [6, 6.07) is 13.8. The van der Waals surface area contributed by atoms with Gasteiger partial charge in [-0.2, -0.15) is 0 Å². The molecule has 2 aromatic carbocycles. The summed E-state index contributed by atoms with van der Waals surface area (Å²) in [5.41, 5.74) is 1.26. The molecule has 2 aromatic rings. The number of ether oxygens (including phenoxy) is 3. The summed E-state index contributed by atoms with van der Waals surface area (Å²) in [4.78, 5) is 50.6. The number of aliphatic carboxylic acids is 1. The second-order valence-corrected chi connectivity index (χ2v) is 11.4. The van der Waals surface area contributed by atoms with E-state index in [4.69, 9.17) is 14.2 Å². The molecule has 1 fully saturated rings. The van der Waals surface area contributed by atoms with Crippen molar-refractivity contribution in [2.24, 2.45) is 5.92 Å². The van der Waals surface area contributed by atoms with Crippen molar-refractivity contribution in [2.45, 2.75) is 57.9 Å². The van der Waals surface area contributed by atoms with Crippen LogP contribution in [0.1, 0.15) is 44.7 Å². The molecule has 3 N–H and O–H groups in total. The number of allylic oxidation sites excluding steroid dienone is 1. The number of benzene rings is 2. The highest BCUT2D eigenvalue weighted by Gasteiger charge is 2.27. The minimum absolute atomic E-state index is 0.0293. The van der Waals surface area contributed by atoms with Gasteiger partial charge in [0.2, 0.25) is 11.8 Å². The van der Waals surface area contributed by atoms with Crippen LogP contribution < -0.4 is 20.1 Å². The standard InChI is InChI=1S/C32H40N2O8S/c1-4-40-28-13-12-24(42-18-25-11-8-14-41-25)15-23(28)16-29(36)34-31(21(2)3)32(39)33-26(17-30(37)38)27(35)20-43-19-22-9-6-5-7-10-22/h5-7,9-10,12-13,15,17,21,25,31H,4,8,11,14,16,18-20H2,1-3H3,(H,33,39)(H,34,36)(H,37,38)/b26-17+/t25?,31-/m0/s1. The number of hydrogen-bond acceptors (Lipinski definition) is 8. The molecular formula is C32H40N2O8S. The van der Waals surface area contributed by atoms with E-state index in [2.05, 4.69) is 10.6 Å². The molecule has 0 aromatic heterocycles. The second kappa shape index (κ2) is 17.3. The fourth-order valence-electron chi connectivity index (χ4n) is 4.41. The summed E-state index contributed by atoms with van der Waals surface area (Å²) < 4.78 is 17.2. The molecule has 1 aliphatic rings. The summed E-state index contributed by atoms with van der Waals surface area (Å²) in [6.07, 6.45) is 2.57. The van der Waals surface area contributed by atoms with Crippen molar-refractivity contribution in [3.8, 4) is 11.5 Å². The highest BCUT2D eigenvalue weighted by Crippen LogP contribution is 2.26. The highest BCUT2D eigenvalue weighted by molar-refractivity contribution is 7.99. The minimum atomic E-state index is -1.37. The van der Waals surface area contributed by atoms with Gasteiger partial charge in [-0.25, -0.2) is 4.79 Å². The molecule has 43 heavy (non-hydrogen) atoms. The largest absolute Gasteiger partial charge is 0.494 e. The van der Waals surface area contributed by atoms with Crippen molar-refractivity contribution < 1.29 is 38.5 Å². The summed E-state index contributed by atoms with van der Waals surface area (Å²) >= 11 is 1.31. The molecule has 11 heteroatoms. The predicted octanol–water partition coefficient (Wildman–Crippen LogP) is 3.91. The first kappa shape index (κ1) is 33.7. The summed E-state index contributed by atoms with van der Waals surface area (Å²) in [5.74, 6) is -1.77. The zero-order valence-electron chi connectivity index (χ0n) is 24.8. The fourth-order valence-corrected chi connectivity index (χ4v) is 5.28. The maximum atomic E-state index is 13.2. The third-order valence-corrected chi connectivity index (χ3v) is 7.58. The lowest BCUT2D eigenvalue weighted by Gasteiger charge is -2.23. The summed E-state index contributed by atoms with van der Waals surface area (Å²) in [6.45, 7) is 6.86. The van der Waals surface area contributed by atoms with Crippen LogP contribution in [0.2, 0.25) is 0 Å². The average Bonchev–Trinajstić information content (AvgIpc) is 3.49. The topological polar surface area (TPSA) is 140 Å². The molecule has 0 spiro atoms. The van der Waals surface area contributed by atoms with E-state index in [1.165, 1.54) is 11.8 Å². The zero-order chi connectivity index (χ0) is 31.2. The van der Waals surface area contributed by atoms with Crippen LogP contribution in [0.25, 0.3) is 0 Å². The first-order valence-electron chi connectivity index (χ1n) is 14.4. The number of nitrogens with one attached hydrogen (secondary N) is 2. The SMILES string of the molecule is CCOc1ccc(OCC2CCCO2)cc1CC(=O)N[C@H](C(=O)N/C(=C/C(=O)O)C(=O)CSCc1ccccc1)C(C)C. The van der Waals surface area contributed by atoms with Crippen LogP contribution in [-0.4, -0.2) is 66.4 Å². The van der Waals surface area contributed by atoms with Gasteiger partial charge in [0.1, 0.15) is 24.1 Å². The Morgan fingerprint density at radius 1 is 1.12 bits per heavy atom. The fraction of sp³-hybridized carbons (Fsp3) is 0.438. The van der Waals surface area contributed by atoms with E-state index in [1.54, 1.807) is 32.0 Å². The lowest BCUT2D eigenvalue weighted by Crippen LogP contribution is -2.50. The first-order chi connectivity index (χ1) is 20.7. The molecule has 0 bridgehead atoms. The van der Waals surface area contributed by atoms with Gasteiger partial charge in [-0.05, 0) is 49.4 Å². The van der Waals surface area contributed by atoms with Crippen molar-refractivity contribution in [1.29, 1.82) is 0 Å². The van der Waals surface area contributed by atoms with Gasteiger partial charge in [0, 0.05) is 17.9 Å². The molecule has 232 valence electrons. The number of carbonyl (C=O) groups is 4. The Bertz CT molecular complexity index is 1280. The molecule has 2 amide bonds. The Morgan fingerprint density at radius 2 is 1.88 bits per heavy atom. The van der Waals surface area contributed by atoms with Crippen molar-refractivity contribution >= 4 is 35.3 Å². The number of ketones is 1. The van der Waals surface area contributed by atoms with Gasteiger partial charge >= 0.3 is 5.97 Å². The van der Waals surface area contributed by atoms with Gasteiger partial charge in [0.15, 0.2) is 5.78 Å².